The second kappa shape index (κ2) is 6.89. The summed E-state index contributed by atoms with van der Waals surface area (Å²) in [6.07, 6.45) is -0.590. The average Bonchev–Trinajstić information content (AvgIpc) is 2.55. The van der Waals surface area contributed by atoms with Crippen molar-refractivity contribution in [2.75, 3.05) is 7.05 Å². The van der Waals surface area contributed by atoms with E-state index in [0.29, 0.717) is 5.56 Å². The Balaban J connectivity index is 2.18. The number of rotatable bonds is 5. The molecule has 0 bridgehead atoms. The fraction of sp³-hybridized carbons (Fsp3) is 0.188. The predicted octanol–water partition coefficient (Wildman–Crippen LogP) is 2.65. The number of hydrogen-bond donors (Lipinski definition) is 1. The van der Waals surface area contributed by atoms with Gasteiger partial charge in [0.2, 0.25) is 10.0 Å². The highest BCUT2D eigenvalue weighted by atomic mass is 32.2. The summed E-state index contributed by atoms with van der Waals surface area (Å²) in [5.74, 6) is -1.03. The lowest BCUT2D eigenvalue weighted by Gasteiger charge is -2.14. The third-order valence-electron chi connectivity index (χ3n) is 3.27. The number of esters is 1. The van der Waals surface area contributed by atoms with Gasteiger partial charge in [-0.3, -0.25) is 0 Å². The Hall–Kier alpha value is -2.25. The van der Waals surface area contributed by atoms with Crippen LogP contribution in [-0.4, -0.2) is 21.4 Å². The summed E-state index contributed by atoms with van der Waals surface area (Å²) in [6.45, 7) is 1.65. The predicted molar refractivity (Wildman–Crippen MR) is 82.9 cm³/mol. The van der Waals surface area contributed by atoms with Crippen LogP contribution in [0.3, 0.4) is 0 Å². The summed E-state index contributed by atoms with van der Waals surface area (Å²) in [6, 6.07) is 11.2. The van der Waals surface area contributed by atoms with Gasteiger partial charge < -0.3 is 4.74 Å². The molecule has 122 valence electrons. The van der Waals surface area contributed by atoms with Crippen molar-refractivity contribution >= 4 is 16.0 Å². The molecule has 1 atom stereocenters. The minimum Gasteiger partial charge on any atom is -0.454 e. The maximum Gasteiger partial charge on any atom is 0.338 e. The lowest BCUT2D eigenvalue weighted by molar-refractivity contribution is 0.0337. The summed E-state index contributed by atoms with van der Waals surface area (Å²) in [5, 5.41) is 0. The number of benzene rings is 2. The van der Waals surface area contributed by atoms with E-state index in [4.69, 9.17) is 4.74 Å². The highest BCUT2D eigenvalue weighted by molar-refractivity contribution is 7.89. The van der Waals surface area contributed by atoms with Crippen LogP contribution in [0.15, 0.2) is 53.4 Å². The van der Waals surface area contributed by atoms with Crippen molar-refractivity contribution in [1.82, 2.24) is 4.72 Å². The van der Waals surface area contributed by atoms with Gasteiger partial charge in [-0.1, -0.05) is 18.2 Å². The van der Waals surface area contributed by atoms with Gasteiger partial charge in [0, 0.05) is 0 Å². The van der Waals surface area contributed by atoms with Crippen molar-refractivity contribution in [1.29, 1.82) is 0 Å². The number of ether oxygens (including phenoxy) is 1. The molecule has 0 radical (unpaired) electrons. The molecule has 2 aromatic carbocycles. The Morgan fingerprint density at radius 2 is 1.83 bits per heavy atom. The molecule has 0 fully saturated rings. The van der Waals surface area contributed by atoms with Crippen molar-refractivity contribution in [3.05, 3.63) is 65.5 Å². The van der Waals surface area contributed by atoms with Crippen LogP contribution in [0.25, 0.3) is 0 Å². The molecular weight excluding hydrogens is 321 g/mol. The first-order valence-electron chi connectivity index (χ1n) is 6.83. The minimum absolute atomic E-state index is 0.0242. The Labute approximate surface area is 134 Å². The van der Waals surface area contributed by atoms with Crippen LogP contribution in [-0.2, 0) is 14.8 Å². The molecule has 5 nitrogen and oxygen atoms in total. The molecule has 1 N–H and O–H groups in total. The van der Waals surface area contributed by atoms with E-state index < -0.39 is 22.1 Å². The van der Waals surface area contributed by atoms with Crippen LogP contribution in [0.4, 0.5) is 4.39 Å². The molecule has 0 aliphatic heterocycles. The summed E-state index contributed by atoms with van der Waals surface area (Å²) < 4.78 is 43.9. The second-order valence-electron chi connectivity index (χ2n) is 4.83. The van der Waals surface area contributed by atoms with Crippen molar-refractivity contribution in [3.8, 4) is 0 Å². The van der Waals surface area contributed by atoms with E-state index in [1.54, 1.807) is 6.92 Å². The third kappa shape index (κ3) is 4.14. The highest BCUT2D eigenvalue weighted by Gasteiger charge is 2.17. The van der Waals surface area contributed by atoms with Gasteiger partial charge in [0.05, 0.1) is 10.5 Å². The van der Waals surface area contributed by atoms with Crippen LogP contribution < -0.4 is 4.72 Å². The molecule has 0 spiro atoms. The standard InChI is InChI=1S/C16H16FNO4S/c1-11(12-6-8-14(17)9-7-12)22-16(19)13-4-3-5-15(10-13)23(20,21)18-2/h3-11,18H,1-2H3/t11-/m0/s1. The Kier molecular flexibility index (Phi) is 5.12. The van der Waals surface area contributed by atoms with Gasteiger partial charge in [-0.25, -0.2) is 22.3 Å². The number of halogens is 1. The van der Waals surface area contributed by atoms with Gasteiger partial charge in [0.25, 0.3) is 0 Å². The fourth-order valence-corrected chi connectivity index (χ4v) is 2.71. The molecular formula is C16H16FNO4S. The molecule has 0 unspecified atom stereocenters. The summed E-state index contributed by atoms with van der Waals surface area (Å²) in [7, 11) is -2.35. The lowest BCUT2D eigenvalue weighted by atomic mass is 10.1. The van der Waals surface area contributed by atoms with Crippen molar-refractivity contribution in [3.63, 3.8) is 0 Å². The van der Waals surface area contributed by atoms with Gasteiger partial charge in [-0.05, 0) is 49.9 Å². The van der Waals surface area contributed by atoms with E-state index in [2.05, 4.69) is 4.72 Å². The molecule has 0 aliphatic rings. The van der Waals surface area contributed by atoms with E-state index in [-0.39, 0.29) is 16.3 Å². The second-order valence-corrected chi connectivity index (χ2v) is 6.72. The van der Waals surface area contributed by atoms with Crippen LogP contribution in [0, 0.1) is 5.82 Å². The maximum atomic E-state index is 12.9. The zero-order chi connectivity index (χ0) is 17.0. The Morgan fingerprint density at radius 3 is 2.43 bits per heavy atom. The van der Waals surface area contributed by atoms with E-state index >= 15 is 0 Å². The largest absolute Gasteiger partial charge is 0.454 e. The molecule has 0 amide bonds. The molecule has 0 saturated carbocycles. The van der Waals surface area contributed by atoms with Gasteiger partial charge in [-0.2, -0.15) is 0 Å². The summed E-state index contributed by atoms with van der Waals surface area (Å²) >= 11 is 0. The molecule has 0 aromatic heterocycles. The summed E-state index contributed by atoms with van der Waals surface area (Å²) in [4.78, 5) is 12.1. The SMILES string of the molecule is CNS(=O)(=O)c1cccc(C(=O)O[C@@H](C)c2ccc(F)cc2)c1. The number of sulfonamides is 1. The molecule has 0 heterocycles. The van der Waals surface area contributed by atoms with E-state index in [1.807, 2.05) is 0 Å². The van der Waals surface area contributed by atoms with Crippen molar-refractivity contribution in [2.45, 2.75) is 17.9 Å². The molecule has 0 aliphatic carbocycles. The number of hydrogen-bond acceptors (Lipinski definition) is 4. The molecule has 7 heteroatoms. The van der Waals surface area contributed by atoms with Crippen LogP contribution in [0.1, 0.15) is 28.9 Å². The number of carbonyl (C=O) groups is 1. The van der Waals surface area contributed by atoms with Gasteiger partial charge in [0.15, 0.2) is 0 Å². The van der Waals surface area contributed by atoms with Crippen LogP contribution in [0.2, 0.25) is 0 Å². The Bertz CT molecular complexity index is 803. The first kappa shape index (κ1) is 17.1. The topological polar surface area (TPSA) is 72.5 Å². The normalized spacial score (nSPS) is 12.7. The number of carbonyl (C=O) groups excluding carboxylic acids is 1. The molecule has 2 aromatic rings. The van der Waals surface area contributed by atoms with Gasteiger partial charge in [-0.15, -0.1) is 0 Å². The quantitative estimate of drug-likeness (QED) is 0.852. The smallest absolute Gasteiger partial charge is 0.338 e. The van der Waals surface area contributed by atoms with E-state index in [9.17, 15) is 17.6 Å². The van der Waals surface area contributed by atoms with E-state index in [0.717, 1.165) is 0 Å². The summed E-state index contributed by atoms with van der Waals surface area (Å²) in [5.41, 5.74) is 0.758. The lowest BCUT2D eigenvalue weighted by Crippen LogP contribution is -2.19. The van der Waals surface area contributed by atoms with Crippen LogP contribution in [0.5, 0.6) is 0 Å². The zero-order valence-corrected chi connectivity index (χ0v) is 13.4. The highest BCUT2D eigenvalue weighted by Crippen LogP contribution is 2.20. The third-order valence-corrected chi connectivity index (χ3v) is 4.68. The Morgan fingerprint density at radius 1 is 1.17 bits per heavy atom. The first-order chi connectivity index (χ1) is 10.8. The maximum absolute atomic E-state index is 12.9. The van der Waals surface area contributed by atoms with Crippen molar-refractivity contribution < 1.29 is 22.3 Å². The molecule has 2 rings (SSSR count). The number of nitrogens with one attached hydrogen (secondary N) is 1. The van der Waals surface area contributed by atoms with Gasteiger partial charge >= 0.3 is 5.97 Å². The zero-order valence-electron chi connectivity index (χ0n) is 12.6. The fourth-order valence-electron chi connectivity index (χ4n) is 1.94. The van der Waals surface area contributed by atoms with Crippen molar-refractivity contribution in [2.24, 2.45) is 0 Å². The molecule has 0 saturated heterocycles. The molecule has 23 heavy (non-hydrogen) atoms. The minimum atomic E-state index is -3.64. The van der Waals surface area contributed by atoms with Crippen LogP contribution >= 0.6 is 0 Å². The average molecular weight is 337 g/mol. The first-order valence-corrected chi connectivity index (χ1v) is 8.32. The van der Waals surface area contributed by atoms with Gasteiger partial charge in [0.1, 0.15) is 11.9 Å². The van der Waals surface area contributed by atoms with E-state index in [1.165, 1.54) is 55.6 Å². The monoisotopic (exact) mass is 337 g/mol.